The fourth-order valence-corrected chi connectivity index (χ4v) is 2.23. The summed E-state index contributed by atoms with van der Waals surface area (Å²) >= 11 is 11.8. The lowest BCUT2D eigenvalue weighted by Gasteiger charge is -2.41. The molecule has 0 spiro atoms. The molecule has 1 aromatic rings. The van der Waals surface area contributed by atoms with E-state index in [4.69, 9.17) is 38.4 Å². The number of nitrogens with two attached hydrogens (primary N) is 1. The van der Waals surface area contributed by atoms with Gasteiger partial charge in [0, 0.05) is 25.1 Å². The molecule has 1 aliphatic carbocycles. The van der Waals surface area contributed by atoms with Crippen molar-refractivity contribution in [1.82, 2.24) is 0 Å². The highest BCUT2D eigenvalue weighted by Crippen LogP contribution is 2.31. The van der Waals surface area contributed by atoms with Crippen molar-refractivity contribution in [3.05, 3.63) is 28.2 Å². The molecule has 0 amide bonds. The molecular formula is C13H17Cl2NO2. The standard InChI is InChI=1S/C13H17Cl2NO2/c1-2-5-17-13-11(16)7-12(13)18-8-3-4-9(14)10(15)6-8/h3-4,6,11-13H,2,5,7,16H2,1H3. The number of hydrogen-bond acceptors (Lipinski definition) is 3. The van der Waals surface area contributed by atoms with Crippen LogP contribution in [0.3, 0.4) is 0 Å². The third-order valence-corrected chi connectivity index (χ3v) is 3.72. The Kier molecular flexibility index (Phi) is 4.73. The summed E-state index contributed by atoms with van der Waals surface area (Å²) in [5.74, 6) is 0.700. The van der Waals surface area contributed by atoms with Gasteiger partial charge in [0.1, 0.15) is 18.0 Å². The van der Waals surface area contributed by atoms with Gasteiger partial charge in [-0.1, -0.05) is 30.1 Å². The van der Waals surface area contributed by atoms with E-state index in [-0.39, 0.29) is 18.2 Å². The topological polar surface area (TPSA) is 44.5 Å². The van der Waals surface area contributed by atoms with Crippen molar-refractivity contribution in [2.24, 2.45) is 5.73 Å². The molecule has 18 heavy (non-hydrogen) atoms. The van der Waals surface area contributed by atoms with Crippen LogP contribution in [0.15, 0.2) is 18.2 Å². The van der Waals surface area contributed by atoms with Gasteiger partial charge in [0.05, 0.1) is 10.0 Å². The minimum Gasteiger partial charge on any atom is -0.488 e. The van der Waals surface area contributed by atoms with Crippen LogP contribution in [0.5, 0.6) is 5.75 Å². The monoisotopic (exact) mass is 289 g/mol. The summed E-state index contributed by atoms with van der Waals surface area (Å²) in [6.07, 6.45) is 1.75. The first-order chi connectivity index (χ1) is 8.61. The van der Waals surface area contributed by atoms with E-state index >= 15 is 0 Å². The normalized spacial score (nSPS) is 26.8. The first-order valence-corrected chi connectivity index (χ1v) is 6.86. The number of benzene rings is 1. The van der Waals surface area contributed by atoms with Crippen LogP contribution >= 0.6 is 23.2 Å². The van der Waals surface area contributed by atoms with Crippen LogP contribution in [0, 0.1) is 0 Å². The molecule has 1 aromatic carbocycles. The van der Waals surface area contributed by atoms with Crippen LogP contribution in [-0.4, -0.2) is 24.9 Å². The van der Waals surface area contributed by atoms with E-state index in [0.717, 1.165) is 12.8 Å². The van der Waals surface area contributed by atoms with Crippen LogP contribution in [0.4, 0.5) is 0 Å². The minimum absolute atomic E-state index is 0.00351. The molecule has 0 aliphatic heterocycles. The van der Waals surface area contributed by atoms with Crippen LogP contribution < -0.4 is 10.5 Å². The second kappa shape index (κ2) is 6.11. The second-order valence-corrected chi connectivity index (χ2v) is 5.28. The van der Waals surface area contributed by atoms with E-state index in [0.29, 0.717) is 22.4 Å². The van der Waals surface area contributed by atoms with E-state index in [9.17, 15) is 0 Å². The maximum atomic E-state index is 5.94. The maximum Gasteiger partial charge on any atom is 0.128 e. The van der Waals surface area contributed by atoms with Gasteiger partial charge in [0.25, 0.3) is 0 Å². The van der Waals surface area contributed by atoms with Crippen LogP contribution in [0.1, 0.15) is 19.8 Å². The highest BCUT2D eigenvalue weighted by molar-refractivity contribution is 6.42. The van der Waals surface area contributed by atoms with E-state index in [1.165, 1.54) is 0 Å². The lowest BCUT2D eigenvalue weighted by Crippen LogP contribution is -2.59. The van der Waals surface area contributed by atoms with Crippen LogP contribution in [0.2, 0.25) is 10.0 Å². The van der Waals surface area contributed by atoms with Gasteiger partial charge < -0.3 is 15.2 Å². The predicted molar refractivity (Wildman–Crippen MR) is 73.5 cm³/mol. The average molecular weight is 290 g/mol. The summed E-state index contributed by atoms with van der Waals surface area (Å²) in [6, 6.07) is 5.29. The van der Waals surface area contributed by atoms with Gasteiger partial charge in [0.15, 0.2) is 0 Å². The molecule has 3 nitrogen and oxygen atoms in total. The Hall–Kier alpha value is -0.480. The summed E-state index contributed by atoms with van der Waals surface area (Å²) < 4.78 is 11.5. The molecule has 1 aliphatic rings. The number of rotatable bonds is 5. The van der Waals surface area contributed by atoms with E-state index < -0.39 is 0 Å². The Balaban J connectivity index is 1.94. The molecule has 0 radical (unpaired) electrons. The van der Waals surface area contributed by atoms with E-state index in [2.05, 4.69) is 6.92 Å². The van der Waals surface area contributed by atoms with Crippen LogP contribution in [-0.2, 0) is 4.74 Å². The molecule has 0 saturated heterocycles. The fraction of sp³-hybridized carbons (Fsp3) is 0.538. The Morgan fingerprint density at radius 1 is 1.33 bits per heavy atom. The van der Waals surface area contributed by atoms with Gasteiger partial charge in [0.2, 0.25) is 0 Å². The summed E-state index contributed by atoms with van der Waals surface area (Å²) in [4.78, 5) is 0. The lowest BCUT2D eigenvalue weighted by atomic mass is 9.86. The van der Waals surface area contributed by atoms with Crippen molar-refractivity contribution in [3.8, 4) is 5.75 Å². The summed E-state index contributed by atoms with van der Waals surface area (Å²) in [5.41, 5.74) is 5.91. The van der Waals surface area contributed by atoms with Crippen molar-refractivity contribution in [3.63, 3.8) is 0 Å². The number of halogens is 2. The molecule has 3 atom stereocenters. The molecule has 0 heterocycles. The second-order valence-electron chi connectivity index (χ2n) is 4.47. The quantitative estimate of drug-likeness (QED) is 0.905. The number of hydrogen-bond donors (Lipinski definition) is 1. The molecule has 100 valence electrons. The third-order valence-electron chi connectivity index (χ3n) is 2.99. The summed E-state index contributed by atoms with van der Waals surface area (Å²) in [7, 11) is 0. The Morgan fingerprint density at radius 3 is 2.72 bits per heavy atom. The van der Waals surface area contributed by atoms with Gasteiger partial charge in [-0.05, 0) is 18.6 Å². The van der Waals surface area contributed by atoms with Crippen molar-refractivity contribution in [2.45, 2.75) is 38.0 Å². The molecule has 0 bridgehead atoms. The smallest absolute Gasteiger partial charge is 0.128 e. The Bertz CT molecular complexity index is 414. The van der Waals surface area contributed by atoms with Crippen molar-refractivity contribution < 1.29 is 9.47 Å². The first kappa shape index (κ1) is 13.9. The molecule has 5 heteroatoms. The van der Waals surface area contributed by atoms with Crippen molar-refractivity contribution in [2.75, 3.05) is 6.61 Å². The summed E-state index contributed by atoms with van der Waals surface area (Å²) in [6.45, 7) is 2.78. The zero-order valence-electron chi connectivity index (χ0n) is 10.2. The SMILES string of the molecule is CCCOC1C(N)CC1Oc1ccc(Cl)c(Cl)c1. The number of ether oxygens (including phenoxy) is 2. The fourth-order valence-electron chi connectivity index (χ4n) is 1.94. The average Bonchev–Trinajstić information content (AvgIpc) is 2.33. The maximum absolute atomic E-state index is 5.94. The third kappa shape index (κ3) is 3.09. The van der Waals surface area contributed by atoms with E-state index in [1.807, 2.05) is 0 Å². The van der Waals surface area contributed by atoms with Crippen molar-refractivity contribution in [1.29, 1.82) is 0 Å². The zero-order chi connectivity index (χ0) is 13.1. The van der Waals surface area contributed by atoms with Crippen LogP contribution in [0.25, 0.3) is 0 Å². The first-order valence-electron chi connectivity index (χ1n) is 6.10. The molecule has 1 saturated carbocycles. The molecule has 3 unspecified atom stereocenters. The van der Waals surface area contributed by atoms with Gasteiger partial charge in [-0.15, -0.1) is 0 Å². The van der Waals surface area contributed by atoms with Crippen molar-refractivity contribution >= 4 is 23.2 Å². The van der Waals surface area contributed by atoms with Gasteiger partial charge >= 0.3 is 0 Å². The van der Waals surface area contributed by atoms with Gasteiger partial charge in [-0.25, -0.2) is 0 Å². The predicted octanol–water partition coefficient (Wildman–Crippen LogP) is 3.27. The largest absolute Gasteiger partial charge is 0.488 e. The zero-order valence-corrected chi connectivity index (χ0v) is 11.7. The molecule has 0 aromatic heterocycles. The Morgan fingerprint density at radius 2 is 2.11 bits per heavy atom. The minimum atomic E-state index is -0.0283. The lowest BCUT2D eigenvalue weighted by molar-refractivity contribution is -0.0980. The van der Waals surface area contributed by atoms with E-state index in [1.54, 1.807) is 18.2 Å². The summed E-state index contributed by atoms with van der Waals surface area (Å²) in [5, 5.41) is 1.01. The highest BCUT2D eigenvalue weighted by atomic mass is 35.5. The molecule has 2 N–H and O–H groups in total. The van der Waals surface area contributed by atoms with Gasteiger partial charge in [-0.2, -0.15) is 0 Å². The molecule has 1 fully saturated rings. The van der Waals surface area contributed by atoms with Gasteiger partial charge in [-0.3, -0.25) is 0 Å². The Labute approximate surface area is 117 Å². The molecular weight excluding hydrogens is 273 g/mol. The molecule has 2 rings (SSSR count). The highest BCUT2D eigenvalue weighted by Gasteiger charge is 2.41.